The summed E-state index contributed by atoms with van der Waals surface area (Å²) in [7, 11) is 0. The Kier molecular flexibility index (Phi) is 5.05. The third-order valence-corrected chi connectivity index (χ3v) is 2.96. The van der Waals surface area contributed by atoms with Crippen molar-refractivity contribution in [2.45, 2.75) is 51.1 Å². The zero-order valence-electron chi connectivity index (χ0n) is 9.48. The predicted molar refractivity (Wildman–Crippen MR) is 59.3 cm³/mol. The van der Waals surface area contributed by atoms with Gasteiger partial charge in [0.2, 0.25) is 5.91 Å². The van der Waals surface area contributed by atoms with Gasteiger partial charge >= 0.3 is 0 Å². The molecule has 1 saturated heterocycles. The second-order valence-corrected chi connectivity index (χ2v) is 4.44. The molecule has 4 heteroatoms. The summed E-state index contributed by atoms with van der Waals surface area (Å²) in [4.78, 5) is 13.6. The SMILES string of the molecule is CC(N)CCCC(=O)N1CCCC1CO. The molecule has 1 rings (SSSR count). The molecule has 1 fully saturated rings. The Morgan fingerprint density at radius 1 is 1.67 bits per heavy atom. The van der Waals surface area contributed by atoms with Crippen LogP contribution in [-0.4, -0.2) is 41.1 Å². The number of carbonyl (C=O) groups excluding carboxylic acids is 1. The van der Waals surface area contributed by atoms with E-state index in [0.29, 0.717) is 6.42 Å². The first kappa shape index (κ1) is 12.5. The molecule has 4 nitrogen and oxygen atoms in total. The van der Waals surface area contributed by atoms with Gasteiger partial charge in [0.1, 0.15) is 0 Å². The van der Waals surface area contributed by atoms with Crippen LogP contribution in [0, 0.1) is 0 Å². The van der Waals surface area contributed by atoms with Gasteiger partial charge in [-0.15, -0.1) is 0 Å². The minimum Gasteiger partial charge on any atom is -0.394 e. The predicted octanol–water partition coefficient (Wildman–Crippen LogP) is 0.487. The number of carbonyl (C=O) groups is 1. The largest absolute Gasteiger partial charge is 0.394 e. The second-order valence-electron chi connectivity index (χ2n) is 4.44. The average Bonchev–Trinajstić information content (AvgIpc) is 2.64. The first-order valence-electron chi connectivity index (χ1n) is 5.81. The minimum atomic E-state index is 0.0628. The Bertz CT molecular complexity index is 207. The van der Waals surface area contributed by atoms with E-state index in [2.05, 4.69) is 0 Å². The summed E-state index contributed by atoms with van der Waals surface area (Å²) >= 11 is 0. The Balaban J connectivity index is 2.27. The van der Waals surface area contributed by atoms with Crippen molar-refractivity contribution in [2.24, 2.45) is 5.73 Å². The number of nitrogens with two attached hydrogens (primary N) is 1. The van der Waals surface area contributed by atoms with Crippen LogP contribution in [0.4, 0.5) is 0 Å². The maximum Gasteiger partial charge on any atom is 0.222 e. The summed E-state index contributed by atoms with van der Waals surface area (Å²) in [6.45, 7) is 2.86. The summed E-state index contributed by atoms with van der Waals surface area (Å²) in [5.74, 6) is 0.173. The molecule has 2 atom stereocenters. The van der Waals surface area contributed by atoms with Gasteiger partial charge < -0.3 is 15.7 Å². The van der Waals surface area contributed by atoms with Crippen LogP contribution in [0.15, 0.2) is 0 Å². The van der Waals surface area contributed by atoms with Crippen LogP contribution in [0.2, 0.25) is 0 Å². The molecule has 1 aliphatic rings. The average molecular weight is 214 g/mol. The summed E-state index contributed by atoms with van der Waals surface area (Å²) in [6.07, 6.45) is 4.27. The van der Waals surface area contributed by atoms with Crippen LogP contribution in [0.1, 0.15) is 39.0 Å². The minimum absolute atomic E-state index is 0.0628. The molecule has 0 aliphatic carbocycles. The van der Waals surface area contributed by atoms with Gasteiger partial charge in [-0.05, 0) is 32.6 Å². The lowest BCUT2D eigenvalue weighted by Gasteiger charge is -2.23. The Morgan fingerprint density at radius 3 is 3.00 bits per heavy atom. The molecule has 0 bridgehead atoms. The molecule has 0 saturated carbocycles. The summed E-state index contributed by atoms with van der Waals surface area (Å²) in [5, 5.41) is 9.09. The van der Waals surface area contributed by atoms with E-state index in [1.165, 1.54) is 0 Å². The fourth-order valence-electron chi connectivity index (χ4n) is 2.07. The number of hydrogen-bond acceptors (Lipinski definition) is 3. The molecular weight excluding hydrogens is 192 g/mol. The van der Waals surface area contributed by atoms with E-state index in [1.807, 2.05) is 11.8 Å². The topological polar surface area (TPSA) is 66.6 Å². The third-order valence-electron chi connectivity index (χ3n) is 2.96. The summed E-state index contributed by atoms with van der Waals surface area (Å²) in [5.41, 5.74) is 5.62. The van der Waals surface area contributed by atoms with Crippen LogP contribution in [-0.2, 0) is 4.79 Å². The van der Waals surface area contributed by atoms with Gasteiger partial charge in [-0.2, -0.15) is 0 Å². The normalized spacial score (nSPS) is 23.1. The molecule has 0 radical (unpaired) electrons. The summed E-state index contributed by atoms with van der Waals surface area (Å²) in [6, 6.07) is 0.234. The highest BCUT2D eigenvalue weighted by atomic mass is 16.3. The van der Waals surface area contributed by atoms with E-state index in [9.17, 15) is 4.79 Å². The van der Waals surface area contributed by atoms with Gasteiger partial charge in [0.15, 0.2) is 0 Å². The molecule has 1 amide bonds. The second kappa shape index (κ2) is 6.08. The van der Waals surface area contributed by atoms with Crippen molar-refractivity contribution in [2.75, 3.05) is 13.2 Å². The first-order chi connectivity index (χ1) is 7.15. The lowest BCUT2D eigenvalue weighted by molar-refractivity contribution is -0.132. The zero-order chi connectivity index (χ0) is 11.3. The molecule has 0 aromatic heterocycles. The molecule has 0 spiro atoms. The first-order valence-corrected chi connectivity index (χ1v) is 5.81. The van der Waals surface area contributed by atoms with E-state index >= 15 is 0 Å². The van der Waals surface area contributed by atoms with Crippen LogP contribution in [0.5, 0.6) is 0 Å². The maximum absolute atomic E-state index is 11.8. The molecule has 88 valence electrons. The van der Waals surface area contributed by atoms with Crippen LogP contribution >= 0.6 is 0 Å². The number of hydrogen-bond donors (Lipinski definition) is 2. The smallest absolute Gasteiger partial charge is 0.222 e. The van der Waals surface area contributed by atoms with E-state index in [-0.39, 0.29) is 24.6 Å². The lowest BCUT2D eigenvalue weighted by Crippen LogP contribution is -2.37. The van der Waals surface area contributed by atoms with Crippen molar-refractivity contribution >= 4 is 5.91 Å². The number of nitrogens with zero attached hydrogens (tertiary/aromatic N) is 1. The van der Waals surface area contributed by atoms with Crippen molar-refractivity contribution in [3.63, 3.8) is 0 Å². The van der Waals surface area contributed by atoms with Crippen molar-refractivity contribution in [1.29, 1.82) is 0 Å². The quantitative estimate of drug-likeness (QED) is 0.700. The van der Waals surface area contributed by atoms with Crippen LogP contribution in [0.25, 0.3) is 0 Å². The van der Waals surface area contributed by atoms with Gasteiger partial charge in [-0.25, -0.2) is 0 Å². The number of amides is 1. The van der Waals surface area contributed by atoms with E-state index in [4.69, 9.17) is 10.8 Å². The number of likely N-dealkylation sites (tertiary alicyclic amines) is 1. The molecule has 0 aromatic carbocycles. The van der Waals surface area contributed by atoms with E-state index in [0.717, 1.165) is 32.2 Å². The molecule has 3 N–H and O–H groups in total. The number of aliphatic hydroxyl groups excluding tert-OH is 1. The Hall–Kier alpha value is -0.610. The molecule has 1 heterocycles. The van der Waals surface area contributed by atoms with Gasteiger partial charge in [-0.3, -0.25) is 4.79 Å². The fraction of sp³-hybridized carbons (Fsp3) is 0.909. The zero-order valence-corrected chi connectivity index (χ0v) is 9.48. The number of rotatable bonds is 5. The molecule has 1 aliphatic heterocycles. The van der Waals surface area contributed by atoms with E-state index in [1.54, 1.807) is 0 Å². The molecular formula is C11H22N2O2. The molecule has 2 unspecified atom stereocenters. The fourth-order valence-corrected chi connectivity index (χ4v) is 2.07. The Morgan fingerprint density at radius 2 is 2.40 bits per heavy atom. The highest BCUT2D eigenvalue weighted by molar-refractivity contribution is 5.76. The van der Waals surface area contributed by atoms with Crippen LogP contribution in [0.3, 0.4) is 0 Å². The van der Waals surface area contributed by atoms with Gasteiger partial charge in [0, 0.05) is 19.0 Å². The van der Waals surface area contributed by atoms with Gasteiger partial charge in [0.25, 0.3) is 0 Å². The monoisotopic (exact) mass is 214 g/mol. The Labute approximate surface area is 91.4 Å². The van der Waals surface area contributed by atoms with Crippen molar-refractivity contribution in [3.05, 3.63) is 0 Å². The van der Waals surface area contributed by atoms with Crippen molar-refractivity contribution < 1.29 is 9.90 Å². The molecule has 0 aromatic rings. The number of aliphatic hydroxyl groups is 1. The summed E-state index contributed by atoms with van der Waals surface area (Å²) < 4.78 is 0. The van der Waals surface area contributed by atoms with E-state index < -0.39 is 0 Å². The standard InChI is InChI=1S/C11H22N2O2/c1-9(12)4-2-6-11(15)13-7-3-5-10(13)8-14/h9-10,14H,2-8,12H2,1H3. The third kappa shape index (κ3) is 3.80. The van der Waals surface area contributed by atoms with Crippen molar-refractivity contribution in [3.8, 4) is 0 Å². The van der Waals surface area contributed by atoms with Gasteiger partial charge in [-0.1, -0.05) is 0 Å². The van der Waals surface area contributed by atoms with Gasteiger partial charge in [0.05, 0.1) is 12.6 Å². The van der Waals surface area contributed by atoms with Crippen LogP contribution < -0.4 is 5.73 Å². The van der Waals surface area contributed by atoms with Crippen molar-refractivity contribution in [1.82, 2.24) is 4.90 Å². The maximum atomic E-state index is 11.8. The molecule has 15 heavy (non-hydrogen) atoms. The highest BCUT2D eigenvalue weighted by Crippen LogP contribution is 2.18. The lowest BCUT2D eigenvalue weighted by atomic mass is 10.1. The highest BCUT2D eigenvalue weighted by Gasteiger charge is 2.27.